The summed E-state index contributed by atoms with van der Waals surface area (Å²) in [6.45, 7) is 4.65. The number of aromatic nitrogens is 3. The van der Waals surface area contributed by atoms with Crippen molar-refractivity contribution in [2.75, 3.05) is 0 Å². The smallest absolute Gasteiger partial charge is 0.137 e. The van der Waals surface area contributed by atoms with Crippen LogP contribution in [0, 0.1) is 0 Å². The first kappa shape index (κ1) is 9.44. The van der Waals surface area contributed by atoms with Crippen LogP contribution in [0.2, 0.25) is 12.6 Å². The van der Waals surface area contributed by atoms with E-state index in [0.29, 0.717) is 0 Å². The second-order valence-electron chi connectivity index (χ2n) is 3.36. The van der Waals surface area contributed by atoms with Crippen LogP contribution in [0.4, 0.5) is 0 Å². The molecule has 0 aliphatic rings. The zero-order chi connectivity index (χ0) is 8.81. The monoisotopic (exact) mass is 183 g/mol. The topological polar surface area (TPSA) is 30.7 Å². The molecule has 0 N–H and O–H groups in total. The molecule has 12 heavy (non-hydrogen) atoms. The number of hydrogen-bond acceptors (Lipinski definition) is 2. The molecule has 4 heteroatoms. The van der Waals surface area contributed by atoms with E-state index in [9.17, 15) is 0 Å². The number of nitrogens with zero attached hydrogens (tertiary/aromatic N) is 3. The summed E-state index contributed by atoms with van der Waals surface area (Å²) in [6, 6.07) is 1.43. The van der Waals surface area contributed by atoms with Crippen molar-refractivity contribution >= 4 is 8.80 Å². The summed E-state index contributed by atoms with van der Waals surface area (Å²) in [6.07, 6.45) is 7.26. The molecule has 0 aromatic carbocycles. The van der Waals surface area contributed by atoms with E-state index in [1.165, 1.54) is 18.9 Å². The van der Waals surface area contributed by atoms with Gasteiger partial charge in [-0.3, -0.25) is 4.68 Å². The predicted octanol–water partition coefficient (Wildman–Crippen LogP) is 1.47. The summed E-state index contributed by atoms with van der Waals surface area (Å²) in [4.78, 5) is 3.93. The van der Waals surface area contributed by atoms with Crippen LogP contribution >= 0.6 is 0 Å². The molecule has 1 unspecified atom stereocenters. The van der Waals surface area contributed by atoms with Gasteiger partial charge in [0.05, 0.1) is 8.80 Å². The van der Waals surface area contributed by atoms with Crippen molar-refractivity contribution in [3.8, 4) is 0 Å². The van der Waals surface area contributed by atoms with Gasteiger partial charge in [-0.1, -0.05) is 32.4 Å². The molecule has 0 aliphatic heterocycles. The molecule has 0 saturated heterocycles. The Morgan fingerprint density at radius 3 is 2.92 bits per heavy atom. The fourth-order valence-corrected chi connectivity index (χ4v) is 3.41. The predicted molar refractivity (Wildman–Crippen MR) is 52.8 cm³/mol. The zero-order valence-corrected chi connectivity index (χ0v) is 9.06. The van der Waals surface area contributed by atoms with E-state index in [4.69, 9.17) is 0 Å². The summed E-state index contributed by atoms with van der Waals surface area (Å²) in [5.74, 6) is 0. The molecule has 0 fully saturated rings. The Balaban J connectivity index is 2.22. The summed E-state index contributed by atoms with van der Waals surface area (Å²) in [7, 11) is -0.552. The average molecular weight is 183 g/mol. The van der Waals surface area contributed by atoms with Crippen LogP contribution in [0.1, 0.15) is 19.8 Å². The van der Waals surface area contributed by atoms with Crippen LogP contribution in [0.5, 0.6) is 0 Å². The van der Waals surface area contributed by atoms with Crippen LogP contribution in [0.3, 0.4) is 0 Å². The van der Waals surface area contributed by atoms with E-state index in [1.54, 1.807) is 6.33 Å². The van der Waals surface area contributed by atoms with Gasteiger partial charge in [-0.05, 0) is 0 Å². The third-order valence-electron chi connectivity index (χ3n) is 2.02. The van der Waals surface area contributed by atoms with Gasteiger partial charge in [-0.25, -0.2) is 4.98 Å². The fraction of sp³-hybridized carbons (Fsp3) is 0.750. The van der Waals surface area contributed by atoms with Crippen molar-refractivity contribution in [3.63, 3.8) is 0 Å². The molecule has 0 saturated carbocycles. The van der Waals surface area contributed by atoms with Crippen molar-refractivity contribution in [1.82, 2.24) is 14.8 Å². The highest BCUT2D eigenvalue weighted by Gasteiger charge is 2.03. The van der Waals surface area contributed by atoms with Gasteiger partial charge in [-0.2, -0.15) is 5.10 Å². The maximum atomic E-state index is 4.10. The molecule has 0 bridgehead atoms. The molecule has 1 aromatic rings. The maximum Gasteiger partial charge on any atom is 0.137 e. The first-order chi connectivity index (χ1) is 5.83. The minimum atomic E-state index is -0.552. The Kier molecular flexibility index (Phi) is 4.00. The Labute approximate surface area is 75.4 Å². The van der Waals surface area contributed by atoms with Crippen molar-refractivity contribution in [1.29, 1.82) is 0 Å². The van der Waals surface area contributed by atoms with E-state index < -0.39 is 8.80 Å². The van der Waals surface area contributed by atoms with Crippen molar-refractivity contribution < 1.29 is 0 Å². The zero-order valence-electron chi connectivity index (χ0n) is 7.90. The highest BCUT2D eigenvalue weighted by molar-refractivity contribution is 6.55. The molecule has 68 valence electrons. The van der Waals surface area contributed by atoms with Crippen molar-refractivity contribution in [2.45, 2.75) is 38.5 Å². The first-order valence-electron chi connectivity index (χ1n) is 4.65. The maximum absolute atomic E-state index is 4.10. The van der Waals surface area contributed by atoms with Crippen molar-refractivity contribution in [2.24, 2.45) is 0 Å². The lowest BCUT2D eigenvalue weighted by molar-refractivity contribution is 0.722. The summed E-state index contributed by atoms with van der Waals surface area (Å²) < 4.78 is 1.96. The van der Waals surface area contributed by atoms with E-state index in [0.717, 1.165) is 6.17 Å². The Morgan fingerprint density at radius 1 is 1.50 bits per heavy atom. The fourth-order valence-electron chi connectivity index (χ4n) is 1.29. The molecule has 0 radical (unpaired) electrons. The van der Waals surface area contributed by atoms with E-state index in [1.807, 2.05) is 11.0 Å². The molecular weight excluding hydrogens is 166 g/mol. The minimum Gasteiger partial charge on any atom is -0.256 e. The quantitative estimate of drug-likeness (QED) is 0.647. The van der Waals surface area contributed by atoms with Gasteiger partial charge in [0.25, 0.3) is 0 Å². The average Bonchev–Trinajstić information content (AvgIpc) is 2.53. The second kappa shape index (κ2) is 5.08. The van der Waals surface area contributed by atoms with E-state index in [-0.39, 0.29) is 0 Å². The third kappa shape index (κ3) is 3.17. The highest BCUT2D eigenvalue weighted by atomic mass is 28.3. The summed E-state index contributed by atoms with van der Waals surface area (Å²) in [5.41, 5.74) is 0. The molecule has 1 atom stereocenters. The Hall–Kier alpha value is -0.643. The van der Waals surface area contributed by atoms with Gasteiger partial charge in [-0.15, -0.1) is 0 Å². The van der Waals surface area contributed by atoms with Crippen LogP contribution in [0.25, 0.3) is 0 Å². The minimum absolute atomic E-state index is 0.552. The second-order valence-corrected chi connectivity index (χ2v) is 6.52. The lowest BCUT2D eigenvalue weighted by Gasteiger charge is -2.07. The molecule has 3 nitrogen and oxygen atoms in total. The first-order valence-corrected chi connectivity index (χ1v) is 7.44. The van der Waals surface area contributed by atoms with Gasteiger partial charge >= 0.3 is 0 Å². The Morgan fingerprint density at radius 2 is 2.33 bits per heavy atom. The van der Waals surface area contributed by atoms with Crippen molar-refractivity contribution in [3.05, 3.63) is 12.7 Å². The van der Waals surface area contributed by atoms with Gasteiger partial charge in [0.2, 0.25) is 0 Å². The van der Waals surface area contributed by atoms with Crippen LogP contribution in [-0.4, -0.2) is 23.6 Å². The number of unbranched alkanes of at least 4 members (excludes halogenated alkanes) is 1. The lowest BCUT2D eigenvalue weighted by Crippen LogP contribution is -2.17. The molecule has 1 heterocycles. The van der Waals surface area contributed by atoms with Gasteiger partial charge in [0, 0.05) is 6.17 Å². The molecule has 1 aromatic heterocycles. The number of hydrogen-bond donors (Lipinski definition) is 0. The van der Waals surface area contributed by atoms with Gasteiger partial charge in [0.15, 0.2) is 0 Å². The van der Waals surface area contributed by atoms with Gasteiger partial charge in [0.1, 0.15) is 12.7 Å². The van der Waals surface area contributed by atoms with E-state index >= 15 is 0 Å². The standard InChI is InChI=1S/C8H17N3Si/c1-3-4-5-12(2)8-11-7-9-6-10-11/h6-7,12H,3-5,8H2,1-2H3. The van der Waals surface area contributed by atoms with Gasteiger partial charge < -0.3 is 0 Å². The molecule has 0 aliphatic carbocycles. The summed E-state index contributed by atoms with van der Waals surface area (Å²) in [5, 5.41) is 4.10. The van der Waals surface area contributed by atoms with Crippen LogP contribution in [0.15, 0.2) is 12.7 Å². The van der Waals surface area contributed by atoms with E-state index in [2.05, 4.69) is 23.6 Å². The van der Waals surface area contributed by atoms with Crippen LogP contribution in [-0.2, 0) is 6.17 Å². The molecular formula is C8H17N3Si. The third-order valence-corrected chi connectivity index (χ3v) is 4.41. The molecule has 1 rings (SSSR count). The highest BCUT2D eigenvalue weighted by Crippen LogP contribution is 2.02. The summed E-state index contributed by atoms with van der Waals surface area (Å²) >= 11 is 0. The molecule has 0 spiro atoms. The molecule has 0 amide bonds. The SMILES string of the molecule is CCCC[SiH](C)Cn1cncn1. The lowest BCUT2D eigenvalue weighted by atomic mass is 10.4. The normalized spacial score (nSPS) is 13.2. The Bertz CT molecular complexity index is 198. The van der Waals surface area contributed by atoms with Crippen LogP contribution < -0.4 is 0 Å². The largest absolute Gasteiger partial charge is 0.256 e. The number of rotatable bonds is 5.